The van der Waals surface area contributed by atoms with Crippen LogP contribution in [0.3, 0.4) is 0 Å². The molecule has 0 atom stereocenters. The van der Waals surface area contributed by atoms with Crippen molar-refractivity contribution in [3.63, 3.8) is 0 Å². The highest BCUT2D eigenvalue weighted by Crippen LogP contribution is 2.46. The van der Waals surface area contributed by atoms with Gasteiger partial charge in [-0.3, -0.25) is 9.78 Å². The molecular weight excluding hydrogens is 360 g/mol. The standard InChI is InChI=1S/C18H13ClN2OS2/c19-13-3-4-14-15(7-13)23-10-12-6-16(24-17(12)14)18(22)21-9-11-2-1-5-20-8-11/h1-8H,9-10H2,(H,21,22). The molecule has 1 aliphatic heterocycles. The van der Waals surface area contributed by atoms with E-state index in [2.05, 4.69) is 10.3 Å². The van der Waals surface area contributed by atoms with Crippen LogP contribution < -0.4 is 5.32 Å². The first-order valence-electron chi connectivity index (χ1n) is 7.43. The molecule has 24 heavy (non-hydrogen) atoms. The molecule has 3 heterocycles. The van der Waals surface area contributed by atoms with Crippen LogP contribution in [0.2, 0.25) is 5.02 Å². The predicted octanol–water partition coefficient (Wildman–Crippen LogP) is 5.00. The highest BCUT2D eigenvalue weighted by molar-refractivity contribution is 7.98. The zero-order valence-electron chi connectivity index (χ0n) is 12.6. The van der Waals surface area contributed by atoms with Gasteiger partial charge in [-0.05, 0) is 35.4 Å². The highest BCUT2D eigenvalue weighted by Gasteiger charge is 2.22. The van der Waals surface area contributed by atoms with Gasteiger partial charge in [0.15, 0.2) is 0 Å². The van der Waals surface area contributed by atoms with Gasteiger partial charge >= 0.3 is 0 Å². The van der Waals surface area contributed by atoms with Crippen LogP contribution in [0.15, 0.2) is 53.7 Å². The molecule has 3 nitrogen and oxygen atoms in total. The van der Waals surface area contributed by atoms with Crippen LogP contribution >= 0.6 is 34.7 Å². The van der Waals surface area contributed by atoms with Crippen LogP contribution in [0.1, 0.15) is 20.8 Å². The van der Waals surface area contributed by atoms with E-state index >= 15 is 0 Å². The summed E-state index contributed by atoms with van der Waals surface area (Å²) in [4.78, 5) is 19.6. The number of nitrogens with zero attached hydrogens (tertiary/aromatic N) is 1. The first-order valence-corrected chi connectivity index (χ1v) is 9.61. The summed E-state index contributed by atoms with van der Waals surface area (Å²) in [5, 5.41) is 3.71. The molecule has 1 N–H and O–H groups in total. The molecule has 0 fully saturated rings. The van der Waals surface area contributed by atoms with Gasteiger partial charge in [-0.25, -0.2) is 0 Å². The van der Waals surface area contributed by atoms with Gasteiger partial charge in [0.25, 0.3) is 5.91 Å². The van der Waals surface area contributed by atoms with Gasteiger partial charge in [-0.2, -0.15) is 0 Å². The molecule has 1 amide bonds. The normalized spacial score (nSPS) is 12.4. The molecule has 0 saturated heterocycles. The van der Waals surface area contributed by atoms with Crippen LogP contribution in [0, 0.1) is 0 Å². The van der Waals surface area contributed by atoms with E-state index in [4.69, 9.17) is 11.6 Å². The number of rotatable bonds is 3. The monoisotopic (exact) mass is 372 g/mol. The Balaban J connectivity index is 1.56. The van der Waals surface area contributed by atoms with Crippen LogP contribution in [0.4, 0.5) is 0 Å². The van der Waals surface area contributed by atoms with Crippen molar-refractivity contribution in [1.29, 1.82) is 0 Å². The molecule has 4 rings (SSSR count). The van der Waals surface area contributed by atoms with Crippen molar-refractivity contribution >= 4 is 40.6 Å². The summed E-state index contributed by atoms with van der Waals surface area (Å²) in [6.07, 6.45) is 3.48. The van der Waals surface area contributed by atoms with E-state index in [1.165, 1.54) is 20.9 Å². The van der Waals surface area contributed by atoms with Crippen molar-refractivity contribution in [1.82, 2.24) is 10.3 Å². The quantitative estimate of drug-likeness (QED) is 0.703. The summed E-state index contributed by atoms with van der Waals surface area (Å²) >= 11 is 9.39. The lowest BCUT2D eigenvalue weighted by molar-refractivity contribution is 0.0955. The Morgan fingerprint density at radius 3 is 3.04 bits per heavy atom. The van der Waals surface area contributed by atoms with Gasteiger partial charge < -0.3 is 5.32 Å². The average molecular weight is 373 g/mol. The molecule has 0 unspecified atom stereocenters. The first-order chi connectivity index (χ1) is 11.7. The molecular formula is C18H13ClN2OS2. The van der Waals surface area contributed by atoms with Crippen molar-refractivity contribution in [2.75, 3.05) is 0 Å². The Morgan fingerprint density at radius 1 is 1.29 bits per heavy atom. The van der Waals surface area contributed by atoms with E-state index in [1.807, 2.05) is 36.4 Å². The number of carbonyl (C=O) groups excluding carboxylic acids is 1. The molecule has 0 aliphatic carbocycles. The number of nitrogens with one attached hydrogen (secondary N) is 1. The molecule has 2 aromatic heterocycles. The Bertz CT molecular complexity index is 909. The predicted molar refractivity (Wildman–Crippen MR) is 99.7 cm³/mol. The molecule has 0 spiro atoms. The number of pyridine rings is 1. The summed E-state index contributed by atoms with van der Waals surface area (Å²) in [5.41, 5.74) is 3.37. The van der Waals surface area contributed by atoms with Gasteiger partial charge in [0.05, 0.1) is 4.88 Å². The van der Waals surface area contributed by atoms with Crippen LogP contribution in [-0.2, 0) is 12.3 Å². The van der Waals surface area contributed by atoms with Crippen LogP contribution in [-0.4, -0.2) is 10.9 Å². The first kappa shape index (κ1) is 15.7. The Labute approximate surface area is 153 Å². The number of thioether (sulfide) groups is 1. The highest BCUT2D eigenvalue weighted by atomic mass is 35.5. The summed E-state index contributed by atoms with van der Waals surface area (Å²) in [6, 6.07) is 11.7. The van der Waals surface area contributed by atoms with Crippen LogP contribution in [0.25, 0.3) is 10.4 Å². The number of hydrogen-bond acceptors (Lipinski definition) is 4. The number of aromatic nitrogens is 1. The Morgan fingerprint density at radius 2 is 2.21 bits per heavy atom. The number of thiophene rings is 1. The molecule has 1 aliphatic rings. The number of amides is 1. The number of fused-ring (bicyclic) bond motifs is 3. The summed E-state index contributed by atoms with van der Waals surface area (Å²) in [7, 11) is 0. The van der Waals surface area contributed by atoms with Crippen molar-refractivity contribution in [2.45, 2.75) is 17.2 Å². The second kappa shape index (κ2) is 6.59. The third-order valence-corrected chi connectivity index (χ3v) is 6.33. The van der Waals surface area contributed by atoms with Crippen molar-refractivity contribution in [2.24, 2.45) is 0 Å². The van der Waals surface area contributed by atoms with E-state index in [-0.39, 0.29) is 5.91 Å². The lowest BCUT2D eigenvalue weighted by atomic mass is 10.1. The fraction of sp³-hybridized carbons (Fsp3) is 0.111. The SMILES string of the molecule is O=C(NCc1cccnc1)c1cc2c(s1)-c1ccc(Cl)cc1SC2. The third-order valence-electron chi connectivity index (χ3n) is 3.78. The lowest BCUT2D eigenvalue weighted by Gasteiger charge is -2.15. The fourth-order valence-corrected chi connectivity index (χ4v) is 5.21. The summed E-state index contributed by atoms with van der Waals surface area (Å²) < 4.78 is 0. The Hall–Kier alpha value is -1.82. The molecule has 120 valence electrons. The second-order valence-electron chi connectivity index (χ2n) is 5.44. The van der Waals surface area contributed by atoms with Crippen molar-refractivity contribution in [3.05, 3.63) is 69.8 Å². The molecule has 0 bridgehead atoms. The molecule has 3 aromatic rings. The maximum Gasteiger partial charge on any atom is 0.261 e. The third kappa shape index (κ3) is 3.07. The van der Waals surface area contributed by atoms with Gasteiger partial charge in [0, 0.05) is 45.1 Å². The topological polar surface area (TPSA) is 42.0 Å². The lowest BCUT2D eigenvalue weighted by Crippen LogP contribution is -2.21. The second-order valence-corrected chi connectivity index (χ2v) is 7.94. The Kier molecular flexibility index (Phi) is 4.31. The maximum atomic E-state index is 12.5. The van der Waals surface area contributed by atoms with Gasteiger partial charge in [-0.15, -0.1) is 23.1 Å². The fourth-order valence-electron chi connectivity index (χ4n) is 2.61. The van der Waals surface area contributed by atoms with Crippen LogP contribution in [0.5, 0.6) is 0 Å². The number of benzene rings is 1. The minimum atomic E-state index is -0.0428. The van der Waals surface area contributed by atoms with E-state index in [1.54, 1.807) is 35.5 Å². The molecule has 0 radical (unpaired) electrons. The van der Waals surface area contributed by atoms with E-state index in [0.717, 1.165) is 21.2 Å². The average Bonchev–Trinajstić information content (AvgIpc) is 3.05. The van der Waals surface area contributed by atoms with Gasteiger partial charge in [0.2, 0.25) is 0 Å². The van der Waals surface area contributed by atoms with Gasteiger partial charge in [-0.1, -0.05) is 23.7 Å². The largest absolute Gasteiger partial charge is 0.347 e. The summed E-state index contributed by atoms with van der Waals surface area (Å²) in [5.74, 6) is 0.827. The van der Waals surface area contributed by atoms with E-state index < -0.39 is 0 Å². The minimum Gasteiger partial charge on any atom is -0.347 e. The number of halogens is 1. The van der Waals surface area contributed by atoms with Gasteiger partial charge in [0.1, 0.15) is 0 Å². The number of hydrogen-bond donors (Lipinski definition) is 1. The molecule has 6 heteroatoms. The van der Waals surface area contributed by atoms with E-state index in [0.29, 0.717) is 6.54 Å². The minimum absolute atomic E-state index is 0.0428. The van der Waals surface area contributed by atoms with Crippen molar-refractivity contribution in [3.8, 4) is 10.4 Å². The maximum absolute atomic E-state index is 12.5. The van der Waals surface area contributed by atoms with Crippen molar-refractivity contribution < 1.29 is 4.79 Å². The molecule has 0 saturated carbocycles. The molecule has 1 aromatic carbocycles. The summed E-state index contributed by atoms with van der Waals surface area (Å²) in [6.45, 7) is 0.482. The smallest absolute Gasteiger partial charge is 0.261 e. The zero-order chi connectivity index (χ0) is 16.5. The zero-order valence-corrected chi connectivity index (χ0v) is 15.0. The van der Waals surface area contributed by atoms with E-state index in [9.17, 15) is 4.79 Å². The number of carbonyl (C=O) groups is 1.